The zero-order valence-electron chi connectivity index (χ0n) is 8.51. The molecular weight excluding hydrogens is 236 g/mol. The molecule has 2 N–H and O–H groups in total. The Kier molecular flexibility index (Phi) is 3.64. The first-order valence-corrected chi connectivity index (χ1v) is 5.73. The molecule has 0 radical (unpaired) electrons. The fourth-order valence-corrected chi connectivity index (χ4v) is 1.77. The Morgan fingerprint density at radius 3 is 1.12 bits per heavy atom. The molecule has 0 amide bonds. The van der Waals surface area contributed by atoms with E-state index in [9.17, 15) is 0 Å². The van der Waals surface area contributed by atoms with Crippen LogP contribution >= 0.6 is 25.6 Å². The molecule has 2 nitrogen and oxygen atoms in total. The van der Waals surface area contributed by atoms with Crippen LogP contribution in [0.25, 0.3) is 11.1 Å². The summed E-state index contributed by atoms with van der Waals surface area (Å²) in [6, 6.07) is 16.2. The molecule has 0 bridgehead atoms. The van der Waals surface area contributed by atoms with Gasteiger partial charge in [0.15, 0.2) is 0 Å². The molecule has 0 fully saturated rings. The van der Waals surface area contributed by atoms with Gasteiger partial charge in [-0.1, -0.05) is 49.9 Å². The van der Waals surface area contributed by atoms with Gasteiger partial charge in [0, 0.05) is 11.4 Å². The zero-order chi connectivity index (χ0) is 11.4. The van der Waals surface area contributed by atoms with E-state index in [-0.39, 0.29) is 0 Å². The first-order valence-electron chi connectivity index (χ1n) is 4.84. The number of benzene rings is 2. The molecule has 0 saturated heterocycles. The van der Waals surface area contributed by atoms with E-state index in [0.717, 1.165) is 11.4 Å². The fraction of sp³-hybridized carbons (Fsp3) is 0. The largest absolute Gasteiger partial charge is 0.332 e. The van der Waals surface area contributed by atoms with Crippen LogP contribution in [0.3, 0.4) is 0 Å². The highest BCUT2D eigenvalue weighted by Crippen LogP contribution is 2.23. The van der Waals surface area contributed by atoms with Crippen LogP contribution in [0.2, 0.25) is 0 Å². The Balaban J connectivity index is 2.28. The number of nitrogens with one attached hydrogen (secondary N) is 2. The Bertz CT molecular complexity index is 406. The molecule has 4 heteroatoms. The van der Waals surface area contributed by atoms with Gasteiger partial charge in [-0.3, -0.25) is 0 Å². The van der Waals surface area contributed by atoms with Gasteiger partial charge in [0.1, 0.15) is 0 Å². The van der Waals surface area contributed by atoms with Crippen molar-refractivity contribution in [2.45, 2.75) is 0 Å². The van der Waals surface area contributed by atoms with Crippen molar-refractivity contribution in [3.05, 3.63) is 48.5 Å². The molecule has 0 unspecified atom stereocenters. The number of hydrogen-bond donors (Lipinski definition) is 4. The van der Waals surface area contributed by atoms with Gasteiger partial charge in [-0.15, -0.1) is 0 Å². The number of hydrogen-bond acceptors (Lipinski definition) is 4. The lowest BCUT2D eigenvalue weighted by Crippen LogP contribution is -1.83. The van der Waals surface area contributed by atoms with Crippen molar-refractivity contribution in [2.24, 2.45) is 0 Å². The molecule has 0 heterocycles. The van der Waals surface area contributed by atoms with E-state index >= 15 is 0 Å². The highest BCUT2D eigenvalue weighted by atomic mass is 32.1. The highest BCUT2D eigenvalue weighted by Gasteiger charge is 1.97. The minimum Gasteiger partial charge on any atom is -0.332 e. The van der Waals surface area contributed by atoms with Gasteiger partial charge in [0.25, 0.3) is 0 Å². The number of thiol groups is 2. The Labute approximate surface area is 106 Å². The van der Waals surface area contributed by atoms with Gasteiger partial charge >= 0.3 is 0 Å². The Hall–Kier alpha value is -1.26. The lowest BCUT2D eigenvalue weighted by Gasteiger charge is -2.05. The van der Waals surface area contributed by atoms with E-state index in [4.69, 9.17) is 0 Å². The molecule has 0 aromatic heterocycles. The predicted molar refractivity (Wildman–Crippen MR) is 77.1 cm³/mol. The molecule has 0 atom stereocenters. The second-order valence-electron chi connectivity index (χ2n) is 3.38. The first-order chi connectivity index (χ1) is 7.83. The van der Waals surface area contributed by atoms with E-state index < -0.39 is 0 Å². The van der Waals surface area contributed by atoms with Gasteiger partial charge in [0.2, 0.25) is 0 Å². The van der Waals surface area contributed by atoms with Crippen LogP contribution in [0.15, 0.2) is 48.5 Å². The monoisotopic (exact) mass is 248 g/mol. The van der Waals surface area contributed by atoms with Crippen LogP contribution in [-0.2, 0) is 0 Å². The fourth-order valence-electron chi connectivity index (χ4n) is 1.47. The summed E-state index contributed by atoms with van der Waals surface area (Å²) >= 11 is 7.98. The van der Waals surface area contributed by atoms with Crippen molar-refractivity contribution in [1.82, 2.24) is 0 Å². The average molecular weight is 248 g/mol. The van der Waals surface area contributed by atoms with E-state index in [2.05, 4.69) is 59.3 Å². The van der Waals surface area contributed by atoms with Gasteiger partial charge < -0.3 is 9.44 Å². The molecular formula is C12H12N2S2. The smallest absolute Gasteiger partial charge is 0.0438 e. The molecule has 0 aliphatic rings. The number of rotatable bonds is 3. The SMILES string of the molecule is SNc1ccc(-c2ccc(NS)cc2)cc1. The topological polar surface area (TPSA) is 24.1 Å². The minimum absolute atomic E-state index is 0.987. The predicted octanol–water partition coefficient (Wildman–Crippen LogP) is 3.87. The van der Waals surface area contributed by atoms with Crippen LogP contribution in [0.1, 0.15) is 0 Å². The molecule has 0 saturated carbocycles. The van der Waals surface area contributed by atoms with Gasteiger partial charge in [0.05, 0.1) is 0 Å². The second-order valence-corrected chi connectivity index (χ2v) is 3.83. The summed E-state index contributed by atoms with van der Waals surface area (Å²) < 4.78 is 5.60. The third kappa shape index (κ3) is 2.46. The van der Waals surface area contributed by atoms with E-state index in [1.807, 2.05) is 24.3 Å². The standard InChI is InChI=1S/C12H12N2S2/c15-13-11-5-1-9(2-6-11)10-3-7-12(14-16)8-4-10/h1-8,13-16H. The van der Waals surface area contributed by atoms with E-state index in [1.54, 1.807) is 0 Å². The average Bonchev–Trinajstić information content (AvgIpc) is 2.39. The highest BCUT2D eigenvalue weighted by molar-refractivity contribution is 7.81. The quantitative estimate of drug-likeness (QED) is 0.620. The lowest BCUT2D eigenvalue weighted by molar-refractivity contribution is 1.61. The van der Waals surface area contributed by atoms with Gasteiger partial charge in [-0.05, 0) is 35.4 Å². The molecule has 2 rings (SSSR count). The summed E-state index contributed by atoms with van der Waals surface area (Å²) in [6.07, 6.45) is 0. The molecule has 0 aliphatic heterocycles. The zero-order valence-corrected chi connectivity index (χ0v) is 10.3. The molecule has 0 aliphatic carbocycles. The maximum absolute atomic E-state index is 3.99. The summed E-state index contributed by atoms with van der Waals surface area (Å²) in [7, 11) is 0. The summed E-state index contributed by atoms with van der Waals surface area (Å²) in [5.41, 5.74) is 4.33. The molecule has 16 heavy (non-hydrogen) atoms. The van der Waals surface area contributed by atoms with Crippen molar-refractivity contribution in [1.29, 1.82) is 0 Å². The Morgan fingerprint density at radius 2 is 0.875 bits per heavy atom. The summed E-state index contributed by atoms with van der Waals surface area (Å²) in [4.78, 5) is 0. The van der Waals surface area contributed by atoms with Crippen LogP contribution in [-0.4, -0.2) is 0 Å². The summed E-state index contributed by atoms with van der Waals surface area (Å²) in [5, 5.41) is 0. The van der Waals surface area contributed by atoms with Crippen LogP contribution in [0, 0.1) is 0 Å². The molecule has 82 valence electrons. The molecule has 2 aromatic rings. The van der Waals surface area contributed by atoms with Crippen molar-refractivity contribution in [2.75, 3.05) is 9.44 Å². The molecule has 0 spiro atoms. The van der Waals surface area contributed by atoms with Crippen LogP contribution in [0.4, 0.5) is 11.4 Å². The number of anilines is 2. The second kappa shape index (κ2) is 5.18. The normalized spacial score (nSPS) is 9.88. The maximum Gasteiger partial charge on any atom is 0.0438 e. The maximum atomic E-state index is 3.99. The summed E-state index contributed by atoms with van der Waals surface area (Å²) in [5.74, 6) is 0. The third-order valence-electron chi connectivity index (χ3n) is 2.36. The van der Waals surface area contributed by atoms with Gasteiger partial charge in [-0.25, -0.2) is 0 Å². The summed E-state index contributed by atoms with van der Waals surface area (Å²) in [6.45, 7) is 0. The van der Waals surface area contributed by atoms with Crippen molar-refractivity contribution < 1.29 is 0 Å². The van der Waals surface area contributed by atoms with E-state index in [1.165, 1.54) is 11.1 Å². The van der Waals surface area contributed by atoms with Crippen LogP contribution in [0.5, 0.6) is 0 Å². The van der Waals surface area contributed by atoms with Crippen molar-refractivity contribution in [3.8, 4) is 11.1 Å². The Morgan fingerprint density at radius 1 is 0.562 bits per heavy atom. The van der Waals surface area contributed by atoms with Crippen molar-refractivity contribution in [3.63, 3.8) is 0 Å². The molecule has 2 aromatic carbocycles. The first kappa shape index (κ1) is 11.2. The van der Waals surface area contributed by atoms with Crippen LogP contribution < -0.4 is 9.44 Å². The minimum atomic E-state index is 0.987. The van der Waals surface area contributed by atoms with Crippen molar-refractivity contribution >= 4 is 37.0 Å². The third-order valence-corrected chi connectivity index (χ3v) is 2.88. The van der Waals surface area contributed by atoms with Gasteiger partial charge in [-0.2, -0.15) is 0 Å². The van der Waals surface area contributed by atoms with E-state index in [0.29, 0.717) is 0 Å². The lowest BCUT2D eigenvalue weighted by atomic mass is 10.1.